The monoisotopic (exact) mass is 254 g/mol. The van der Waals surface area contributed by atoms with E-state index in [-0.39, 0.29) is 12.5 Å². The Hall–Kier alpha value is -0.610. The number of aliphatic hydroxyl groups is 1. The van der Waals surface area contributed by atoms with Crippen LogP contribution in [0.5, 0.6) is 0 Å². The van der Waals surface area contributed by atoms with Crippen LogP contribution in [-0.4, -0.2) is 47.7 Å². The van der Waals surface area contributed by atoms with E-state index in [0.29, 0.717) is 12.0 Å². The normalized spacial score (nSPS) is 32.1. The van der Waals surface area contributed by atoms with Gasteiger partial charge < -0.3 is 15.3 Å². The maximum atomic E-state index is 12.4. The quantitative estimate of drug-likeness (QED) is 0.727. The van der Waals surface area contributed by atoms with Crippen molar-refractivity contribution in [2.24, 2.45) is 5.92 Å². The van der Waals surface area contributed by atoms with Gasteiger partial charge in [-0.3, -0.25) is 4.79 Å². The molecular weight excluding hydrogens is 228 g/mol. The first-order valence-electron chi connectivity index (χ1n) is 7.37. The highest BCUT2D eigenvalue weighted by molar-refractivity contribution is 5.82. The fourth-order valence-corrected chi connectivity index (χ4v) is 3.16. The predicted octanol–water partition coefficient (Wildman–Crippen LogP) is 1.14. The van der Waals surface area contributed by atoms with E-state index in [2.05, 4.69) is 17.1 Å². The lowest BCUT2D eigenvalue weighted by atomic mass is 10.0. The summed E-state index contributed by atoms with van der Waals surface area (Å²) in [5, 5.41) is 12.5. The minimum Gasteiger partial charge on any atom is -0.394 e. The number of carbonyl (C=O) groups is 1. The van der Waals surface area contributed by atoms with Gasteiger partial charge in [0.2, 0.25) is 5.91 Å². The molecule has 2 N–H and O–H groups in total. The molecule has 0 radical (unpaired) electrons. The molecule has 0 bridgehead atoms. The molecule has 0 aromatic rings. The first-order valence-corrected chi connectivity index (χ1v) is 7.37. The minimum atomic E-state index is -0.391. The van der Waals surface area contributed by atoms with E-state index in [0.717, 1.165) is 25.9 Å². The molecule has 1 aliphatic carbocycles. The molecule has 1 aliphatic heterocycles. The maximum Gasteiger partial charge on any atom is 0.242 e. The Morgan fingerprint density at radius 2 is 1.94 bits per heavy atom. The number of carbonyl (C=O) groups excluding carboxylic acids is 1. The van der Waals surface area contributed by atoms with Gasteiger partial charge in [0.1, 0.15) is 6.04 Å². The van der Waals surface area contributed by atoms with Gasteiger partial charge in [-0.1, -0.05) is 32.6 Å². The molecule has 1 saturated carbocycles. The number of nitrogens with one attached hydrogen (secondary N) is 1. The van der Waals surface area contributed by atoms with E-state index in [4.69, 9.17) is 0 Å². The second kappa shape index (κ2) is 6.53. The lowest BCUT2D eigenvalue weighted by Gasteiger charge is -2.32. The smallest absolute Gasteiger partial charge is 0.242 e. The maximum absolute atomic E-state index is 12.4. The summed E-state index contributed by atoms with van der Waals surface area (Å²) in [6, 6.07) is 0.00889. The summed E-state index contributed by atoms with van der Waals surface area (Å²) in [5.41, 5.74) is 0. The van der Waals surface area contributed by atoms with Gasteiger partial charge in [-0.2, -0.15) is 0 Å². The molecule has 2 fully saturated rings. The van der Waals surface area contributed by atoms with Crippen molar-refractivity contribution in [3.05, 3.63) is 0 Å². The third-order valence-electron chi connectivity index (χ3n) is 4.25. The van der Waals surface area contributed by atoms with Crippen LogP contribution in [0.15, 0.2) is 0 Å². The Kier molecular flexibility index (Phi) is 5.01. The van der Waals surface area contributed by atoms with Gasteiger partial charge >= 0.3 is 0 Å². The molecule has 1 saturated heterocycles. The zero-order valence-electron chi connectivity index (χ0n) is 11.4. The van der Waals surface area contributed by atoms with Crippen molar-refractivity contribution < 1.29 is 9.90 Å². The average molecular weight is 254 g/mol. The van der Waals surface area contributed by atoms with Crippen LogP contribution in [0.2, 0.25) is 0 Å². The van der Waals surface area contributed by atoms with E-state index in [1.54, 1.807) is 0 Å². The molecule has 4 nitrogen and oxygen atoms in total. The van der Waals surface area contributed by atoms with Crippen molar-refractivity contribution in [2.45, 2.75) is 57.5 Å². The number of hydrogen-bond acceptors (Lipinski definition) is 3. The van der Waals surface area contributed by atoms with Crippen LogP contribution in [0, 0.1) is 5.92 Å². The van der Waals surface area contributed by atoms with Crippen LogP contribution in [-0.2, 0) is 4.79 Å². The highest BCUT2D eigenvalue weighted by atomic mass is 16.3. The van der Waals surface area contributed by atoms with E-state index in [1.807, 2.05) is 0 Å². The van der Waals surface area contributed by atoms with E-state index < -0.39 is 6.04 Å². The SMILES string of the molecule is CC1CNC(CO)C(=O)N(C2CCCCCC2)C1. The molecule has 0 aromatic heterocycles. The van der Waals surface area contributed by atoms with Gasteiger partial charge in [0.15, 0.2) is 0 Å². The number of aliphatic hydroxyl groups excluding tert-OH is 1. The molecule has 4 heteroatoms. The van der Waals surface area contributed by atoms with Gasteiger partial charge in [0.05, 0.1) is 6.61 Å². The second-order valence-corrected chi connectivity index (χ2v) is 5.88. The number of rotatable bonds is 2. The van der Waals surface area contributed by atoms with Gasteiger partial charge in [0.25, 0.3) is 0 Å². The largest absolute Gasteiger partial charge is 0.394 e. The zero-order valence-corrected chi connectivity index (χ0v) is 11.4. The first kappa shape index (κ1) is 13.8. The molecule has 2 aliphatic rings. The third kappa shape index (κ3) is 3.23. The van der Waals surface area contributed by atoms with Crippen molar-refractivity contribution in [2.75, 3.05) is 19.7 Å². The Morgan fingerprint density at radius 3 is 2.56 bits per heavy atom. The van der Waals surface area contributed by atoms with E-state index in [1.165, 1.54) is 25.7 Å². The van der Waals surface area contributed by atoms with Gasteiger partial charge in [-0.05, 0) is 18.8 Å². The first-order chi connectivity index (χ1) is 8.72. The molecule has 2 atom stereocenters. The average Bonchev–Trinajstić information content (AvgIpc) is 2.70. The highest BCUT2D eigenvalue weighted by Gasteiger charge is 2.33. The summed E-state index contributed by atoms with van der Waals surface area (Å²) in [5.74, 6) is 0.572. The van der Waals surface area contributed by atoms with Gasteiger partial charge in [-0.25, -0.2) is 0 Å². The lowest BCUT2D eigenvalue weighted by Crippen LogP contribution is -2.49. The minimum absolute atomic E-state index is 0.0885. The Bertz CT molecular complexity index is 275. The number of amides is 1. The Balaban J connectivity index is 2.08. The van der Waals surface area contributed by atoms with Crippen molar-refractivity contribution >= 4 is 5.91 Å². The fraction of sp³-hybridized carbons (Fsp3) is 0.929. The molecule has 2 unspecified atom stereocenters. The van der Waals surface area contributed by atoms with Crippen LogP contribution in [0.3, 0.4) is 0 Å². The molecule has 0 spiro atoms. The molecule has 2 rings (SSSR count). The highest BCUT2D eigenvalue weighted by Crippen LogP contribution is 2.24. The molecule has 0 aromatic carbocycles. The van der Waals surface area contributed by atoms with Crippen LogP contribution in [0.1, 0.15) is 45.4 Å². The van der Waals surface area contributed by atoms with E-state index in [9.17, 15) is 9.90 Å². The second-order valence-electron chi connectivity index (χ2n) is 5.88. The number of nitrogens with zero attached hydrogens (tertiary/aromatic N) is 1. The summed E-state index contributed by atoms with van der Waals surface area (Å²) in [6.07, 6.45) is 7.35. The van der Waals surface area contributed by atoms with Crippen LogP contribution < -0.4 is 5.32 Å². The lowest BCUT2D eigenvalue weighted by molar-refractivity contribution is -0.136. The summed E-state index contributed by atoms with van der Waals surface area (Å²) < 4.78 is 0. The van der Waals surface area contributed by atoms with Crippen molar-refractivity contribution in [3.63, 3.8) is 0 Å². The number of hydrogen-bond donors (Lipinski definition) is 2. The van der Waals surface area contributed by atoms with Gasteiger partial charge in [0, 0.05) is 19.1 Å². The summed E-state index contributed by atoms with van der Waals surface area (Å²) >= 11 is 0. The summed E-state index contributed by atoms with van der Waals surface area (Å²) in [7, 11) is 0. The van der Waals surface area contributed by atoms with Crippen molar-refractivity contribution in [1.29, 1.82) is 0 Å². The van der Waals surface area contributed by atoms with Crippen LogP contribution >= 0.6 is 0 Å². The molecule has 18 heavy (non-hydrogen) atoms. The standard InChI is InChI=1S/C14H26N2O2/c1-11-8-15-13(10-17)14(18)16(9-11)12-6-4-2-3-5-7-12/h11-13,15,17H,2-10H2,1H3. The van der Waals surface area contributed by atoms with E-state index >= 15 is 0 Å². The van der Waals surface area contributed by atoms with Gasteiger partial charge in [-0.15, -0.1) is 0 Å². The summed E-state index contributed by atoms with van der Waals surface area (Å²) in [4.78, 5) is 14.5. The molecule has 1 amide bonds. The van der Waals surface area contributed by atoms with Crippen molar-refractivity contribution in [3.8, 4) is 0 Å². The predicted molar refractivity (Wildman–Crippen MR) is 71.2 cm³/mol. The topological polar surface area (TPSA) is 52.6 Å². The Morgan fingerprint density at radius 1 is 1.28 bits per heavy atom. The van der Waals surface area contributed by atoms with Crippen LogP contribution in [0.4, 0.5) is 0 Å². The zero-order chi connectivity index (χ0) is 13.0. The van der Waals surface area contributed by atoms with Crippen LogP contribution in [0.25, 0.3) is 0 Å². The Labute approximate surface area is 110 Å². The van der Waals surface area contributed by atoms with Crippen molar-refractivity contribution in [1.82, 2.24) is 10.2 Å². The third-order valence-corrected chi connectivity index (χ3v) is 4.25. The fourth-order valence-electron chi connectivity index (χ4n) is 3.16. The molecule has 104 valence electrons. The summed E-state index contributed by atoms with van der Waals surface area (Å²) in [6.45, 7) is 3.74. The molecular formula is C14H26N2O2. The molecule has 1 heterocycles.